The van der Waals surface area contributed by atoms with Crippen molar-refractivity contribution in [1.29, 1.82) is 0 Å². The second-order valence-electron chi connectivity index (χ2n) is 8.33. The number of amides is 3. The molecule has 11 nitrogen and oxygen atoms in total. The van der Waals surface area contributed by atoms with Gasteiger partial charge in [-0.1, -0.05) is 30.3 Å². The number of carbonyl (C=O) groups is 3. The highest BCUT2D eigenvalue weighted by Gasteiger charge is 2.25. The molecule has 2 aromatic carbocycles. The predicted octanol–water partition coefficient (Wildman–Crippen LogP) is 2.20. The van der Waals surface area contributed by atoms with Crippen molar-refractivity contribution in [3.8, 4) is 5.75 Å². The summed E-state index contributed by atoms with van der Waals surface area (Å²) < 4.78 is 11.0. The van der Waals surface area contributed by atoms with Crippen molar-refractivity contribution < 1.29 is 29.1 Å². The number of fused-ring (bicyclic) bond motifs is 1. The van der Waals surface area contributed by atoms with Gasteiger partial charge in [0.05, 0.1) is 5.52 Å². The molecular formula is C26H27N5O6. The monoisotopic (exact) mass is 505 g/mol. The highest BCUT2D eigenvalue weighted by atomic mass is 16.6. The molecule has 3 N–H and O–H groups in total. The fourth-order valence-corrected chi connectivity index (χ4v) is 3.73. The number of rotatable bonds is 7. The lowest BCUT2D eigenvalue weighted by Crippen LogP contribution is -2.51. The van der Waals surface area contributed by atoms with E-state index in [1.807, 2.05) is 30.3 Å². The third-order valence-corrected chi connectivity index (χ3v) is 5.79. The Morgan fingerprint density at radius 2 is 1.73 bits per heavy atom. The number of para-hydroxylation sites is 1. The van der Waals surface area contributed by atoms with E-state index in [1.54, 1.807) is 40.3 Å². The summed E-state index contributed by atoms with van der Waals surface area (Å²) in [7, 11) is 0. The maximum Gasteiger partial charge on any atom is 0.410 e. The van der Waals surface area contributed by atoms with Crippen molar-refractivity contribution in [2.45, 2.75) is 6.61 Å². The second-order valence-corrected chi connectivity index (χ2v) is 8.33. The van der Waals surface area contributed by atoms with Gasteiger partial charge in [0.25, 0.3) is 11.8 Å². The van der Waals surface area contributed by atoms with Crippen LogP contribution in [-0.4, -0.2) is 75.9 Å². The van der Waals surface area contributed by atoms with Gasteiger partial charge in [-0.2, -0.15) is 0 Å². The van der Waals surface area contributed by atoms with Gasteiger partial charge in [-0.25, -0.2) is 10.6 Å². The Morgan fingerprint density at radius 3 is 2.46 bits per heavy atom. The van der Waals surface area contributed by atoms with Crippen molar-refractivity contribution in [2.24, 2.45) is 5.84 Å². The molecule has 1 aromatic heterocycles. The minimum Gasteiger partial charge on any atom is -0.484 e. The summed E-state index contributed by atoms with van der Waals surface area (Å²) in [4.78, 5) is 43.9. The molecule has 0 saturated carbocycles. The summed E-state index contributed by atoms with van der Waals surface area (Å²) in [6, 6.07) is 16.4. The lowest BCUT2D eigenvalue weighted by atomic mass is 10.2. The van der Waals surface area contributed by atoms with Gasteiger partial charge >= 0.3 is 6.09 Å². The average molecular weight is 506 g/mol. The number of pyridine rings is 1. The van der Waals surface area contributed by atoms with Gasteiger partial charge in [-0.05, 0) is 35.9 Å². The number of benzene rings is 2. The van der Waals surface area contributed by atoms with E-state index in [2.05, 4.69) is 4.98 Å². The Hall–Kier alpha value is -4.48. The molecule has 0 radical (unpaired) electrons. The molecule has 0 bridgehead atoms. The highest BCUT2D eigenvalue weighted by molar-refractivity contribution is 5.90. The summed E-state index contributed by atoms with van der Waals surface area (Å²) in [5, 5.41) is 9.81. The number of hydrogen-bond donors (Lipinski definition) is 2. The van der Waals surface area contributed by atoms with Gasteiger partial charge < -0.3 is 19.3 Å². The molecule has 0 aliphatic carbocycles. The van der Waals surface area contributed by atoms with Gasteiger partial charge in [-0.15, -0.1) is 5.17 Å². The molecule has 3 amide bonds. The summed E-state index contributed by atoms with van der Waals surface area (Å²) in [6.07, 6.45) is 3.88. The van der Waals surface area contributed by atoms with Crippen LogP contribution < -0.4 is 10.6 Å². The first kappa shape index (κ1) is 25.6. The smallest absolute Gasteiger partial charge is 0.410 e. The Bertz CT molecular complexity index is 1290. The largest absolute Gasteiger partial charge is 0.484 e. The standard InChI is InChI=1S/C26H27N5O6/c27-31(35)24(32)10-7-19-5-8-22(9-6-19)36-18-25(33)29-11-13-30(14-12-29)26(34)37-17-20-15-21-3-1-2-4-23(21)28-16-20/h1-10,15-16,35H,11-14,17-18,27H2/b10-7+. The zero-order chi connectivity index (χ0) is 26.2. The van der Waals surface area contributed by atoms with Crippen LogP contribution in [0, 0.1) is 0 Å². The van der Waals surface area contributed by atoms with Crippen LogP contribution in [0.4, 0.5) is 4.79 Å². The SMILES string of the molecule is NN(O)C(=O)/C=C/c1ccc(OCC(=O)N2CCN(C(=O)OCc3cnc4ccccc4c3)CC2)cc1. The van der Waals surface area contributed by atoms with Crippen LogP contribution in [0.5, 0.6) is 5.75 Å². The molecule has 192 valence electrons. The molecule has 0 atom stereocenters. The zero-order valence-electron chi connectivity index (χ0n) is 20.0. The van der Waals surface area contributed by atoms with Crippen LogP contribution >= 0.6 is 0 Å². The van der Waals surface area contributed by atoms with Gasteiger partial charge in [0.15, 0.2) is 6.61 Å². The third kappa shape index (κ3) is 7.03. The molecule has 2 heterocycles. The van der Waals surface area contributed by atoms with Crippen LogP contribution in [0.2, 0.25) is 0 Å². The summed E-state index contributed by atoms with van der Waals surface area (Å²) >= 11 is 0. The first-order valence-corrected chi connectivity index (χ1v) is 11.6. The second kappa shape index (κ2) is 12.0. The molecule has 3 aromatic rings. The summed E-state index contributed by atoms with van der Waals surface area (Å²) in [5.41, 5.74) is 2.38. The average Bonchev–Trinajstić information content (AvgIpc) is 2.93. The molecule has 1 fully saturated rings. The van der Waals surface area contributed by atoms with E-state index >= 15 is 0 Å². The van der Waals surface area contributed by atoms with E-state index < -0.39 is 12.0 Å². The van der Waals surface area contributed by atoms with Crippen LogP contribution in [-0.2, 0) is 20.9 Å². The van der Waals surface area contributed by atoms with Crippen molar-refractivity contribution in [3.05, 3.63) is 78.0 Å². The molecule has 0 unspecified atom stereocenters. The molecule has 1 aliphatic rings. The fraction of sp³-hybridized carbons (Fsp3) is 0.231. The Balaban J connectivity index is 1.18. The topological polar surface area (TPSA) is 139 Å². The van der Waals surface area contributed by atoms with E-state index in [4.69, 9.17) is 20.5 Å². The predicted molar refractivity (Wildman–Crippen MR) is 134 cm³/mol. The van der Waals surface area contributed by atoms with Crippen LogP contribution in [0.1, 0.15) is 11.1 Å². The van der Waals surface area contributed by atoms with Gasteiger partial charge in [0.2, 0.25) is 0 Å². The molecular weight excluding hydrogens is 478 g/mol. The maximum atomic E-state index is 12.5. The summed E-state index contributed by atoms with van der Waals surface area (Å²) in [6.45, 7) is 1.50. The van der Waals surface area contributed by atoms with Gasteiger partial charge in [0.1, 0.15) is 12.4 Å². The molecule has 37 heavy (non-hydrogen) atoms. The van der Waals surface area contributed by atoms with E-state index in [-0.39, 0.29) is 24.3 Å². The first-order valence-electron chi connectivity index (χ1n) is 11.6. The number of carbonyl (C=O) groups excluding carboxylic acids is 3. The lowest BCUT2D eigenvalue weighted by Gasteiger charge is -2.34. The maximum absolute atomic E-state index is 12.5. The minimum atomic E-state index is -0.762. The van der Waals surface area contributed by atoms with Crippen molar-refractivity contribution in [3.63, 3.8) is 0 Å². The van der Waals surface area contributed by atoms with E-state index in [0.717, 1.165) is 22.5 Å². The quantitative estimate of drug-likeness (QED) is 0.164. The Labute approximate surface area is 213 Å². The number of hydrazine groups is 1. The lowest BCUT2D eigenvalue weighted by molar-refractivity contribution is -0.160. The van der Waals surface area contributed by atoms with Crippen LogP contribution in [0.15, 0.2) is 66.9 Å². The fourth-order valence-electron chi connectivity index (χ4n) is 3.73. The van der Waals surface area contributed by atoms with E-state index in [1.165, 1.54) is 6.08 Å². The van der Waals surface area contributed by atoms with Crippen molar-refractivity contribution in [2.75, 3.05) is 32.8 Å². The van der Waals surface area contributed by atoms with E-state index in [0.29, 0.717) is 37.5 Å². The number of hydroxylamine groups is 1. The number of piperazine rings is 1. The minimum absolute atomic E-state index is 0.00769. The Kier molecular flexibility index (Phi) is 8.29. The van der Waals surface area contributed by atoms with Crippen molar-refractivity contribution in [1.82, 2.24) is 20.0 Å². The third-order valence-electron chi connectivity index (χ3n) is 5.79. The number of nitrogens with zero attached hydrogens (tertiary/aromatic N) is 4. The van der Waals surface area contributed by atoms with Crippen LogP contribution in [0.25, 0.3) is 17.0 Å². The normalized spacial score (nSPS) is 13.6. The number of hydrogen-bond acceptors (Lipinski definition) is 8. The van der Waals surface area contributed by atoms with Gasteiger partial charge in [0, 0.05) is 49.4 Å². The molecule has 0 spiro atoms. The first-order chi connectivity index (χ1) is 17.9. The molecule has 1 aliphatic heterocycles. The molecule has 1 saturated heterocycles. The number of ether oxygens (including phenoxy) is 2. The van der Waals surface area contributed by atoms with Gasteiger partial charge in [-0.3, -0.25) is 19.8 Å². The van der Waals surface area contributed by atoms with E-state index in [9.17, 15) is 14.4 Å². The molecule has 11 heteroatoms. The number of nitrogens with two attached hydrogens (primary N) is 1. The van der Waals surface area contributed by atoms with Crippen molar-refractivity contribution >= 4 is 34.9 Å². The summed E-state index contributed by atoms with van der Waals surface area (Å²) in [5.74, 6) is 4.47. The zero-order valence-corrected chi connectivity index (χ0v) is 20.0. The number of aromatic nitrogens is 1. The molecule has 4 rings (SSSR count). The Morgan fingerprint density at radius 1 is 1.03 bits per heavy atom. The van der Waals surface area contributed by atoms with Crippen LogP contribution in [0.3, 0.4) is 0 Å². The highest BCUT2D eigenvalue weighted by Crippen LogP contribution is 2.15.